The number of imide groups is 2. The van der Waals surface area contributed by atoms with Gasteiger partial charge in [0.2, 0.25) is 11.8 Å². The molecule has 246 valence electrons. The molecule has 2 heterocycles. The Morgan fingerprint density at radius 1 is 0.816 bits per heavy atom. The van der Waals surface area contributed by atoms with E-state index in [0.29, 0.717) is 34.7 Å². The molecule has 2 aliphatic carbocycles. The molecule has 0 bridgehead atoms. The van der Waals surface area contributed by atoms with Gasteiger partial charge in [-0.1, -0.05) is 83.9 Å². The maximum atomic E-state index is 15.2. The molecule has 4 aromatic rings. The number of phenols is 1. The minimum Gasteiger partial charge on any atom is -0.508 e. The SMILES string of the molecule is COc1cc(O)ccc1C1C2=CCC3C(=O)N(c4ccccc4)C(=O)C3C2CC2C(=O)N(Nc3ccc(C)cc3)C(=O)C21c1ccccc1. The molecule has 4 aromatic carbocycles. The van der Waals surface area contributed by atoms with E-state index in [1.54, 1.807) is 36.4 Å². The number of methoxy groups -OCH3 is 1. The highest BCUT2D eigenvalue weighted by Crippen LogP contribution is 2.65. The second-order valence-corrected chi connectivity index (χ2v) is 13.4. The lowest BCUT2D eigenvalue weighted by Gasteiger charge is -2.50. The Kier molecular flexibility index (Phi) is 7.17. The van der Waals surface area contributed by atoms with E-state index < -0.39 is 46.8 Å². The first-order chi connectivity index (χ1) is 23.7. The van der Waals surface area contributed by atoms with Crippen molar-refractivity contribution >= 4 is 35.0 Å². The molecular formula is C40H35N3O6. The third-order valence-electron chi connectivity index (χ3n) is 10.9. The van der Waals surface area contributed by atoms with Crippen LogP contribution in [0.1, 0.15) is 35.4 Å². The monoisotopic (exact) mass is 653 g/mol. The second-order valence-electron chi connectivity index (χ2n) is 13.4. The molecule has 6 atom stereocenters. The summed E-state index contributed by atoms with van der Waals surface area (Å²) < 4.78 is 5.84. The Balaban J connectivity index is 1.34. The largest absolute Gasteiger partial charge is 0.508 e. The van der Waals surface area contributed by atoms with Crippen molar-refractivity contribution in [2.45, 2.75) is 31.1 Å². The molecular weight excluding hydrogens is 618 g/mol. The van der Waals surface area contributed by atoms with Crippen LogP contribution in [0.5, 0.6) is 11.5 Å². The molecule has 0 radical (unpaired) electrons. The number of nitrogens with zero attached hydrogens (tertiary/aromatic N) is 2. The van der Waals surface area contributed by atoms with Crippen molar-refractivity contribution in [3.05, 3.63) is 131 Å². The Hall–Kier alpha value is -5.70. The third kappa shape index (κ3) is 4.45. The van der Waals surface area contributed by atoms with E-state index in [2.05, 4.69) is 5.43 Å². The maximum absolute atomic E-state index is 15.2. The molecule has 4 amide bonds. The Morgan fingerprint density at radius 2 is 1.51 bits per heavy atom. The van der Waals surface area contributed by atoms with Crippen LogP contribution in [-0.2, 0) is 24.6 Å². The number of carbonyl (C=O) groups excluding carboxylic acids is 4. The van der Waals surface area contributed by atoms with Crippen molar-refractivity contribution in [2.75, 3.05) is 17.4 Å². The van der Waals surface area contributed by atoms with Crippen LogP contribution in [0.25, 0.3) is 0 Å². The number of nitrogens with one attached hydrogen (secondary N) is 1. The van der Waals surface area contributed by atoms with Gasteiger partial charge in [-0.3, -0.25) is 29.5 Å². The minimum atomic E-state index is -1.43. The molecule has 6 unspecified atom stereocenters. The number of amides is 4. The van der Waals surface area contributed by atoms with Crippen molar-refractivity contribution in [1.29, 1.82) is 0 Å². The Labute approximate surface area is 283 Å². The number of hydrogen-bond donors (Lipinski definition) is 2. The van der Waals surface area contributed by atoms with E-state index in [4.69, 9.17) is 4.74 Å². The van der Waals surface area contributed by atoms with E-state index >= 15 is 4.79 Å². The smallest absolute Gasteiger partial charge is 0.260 e. The number of fused-ring (bicyclic) bond motifs is 4. The van der Waals surface area contributed by atoms with Crippen LogP contribution >= 0.6 is 0 Å². The van der Waals surface area contributed by atoms with Crippen LogP contribution < -0.4 is 15.1 Å². The summed E-state index contributed by atoms with van der Waals surface area (Å²) in [5.41, 5.74) is 5.90. The number of aryl methyl sites for hydroxylation is 1. The molecule has 2 N–H and O–H groups in total. The highest BCUT2D eigenvalue weighted by molar-refractivity contribution is 6.22. The van der Waals surface area contributed by atoms with Gasteiger partial charge in [-0.2, -0.15) is 5.01 Å². The fourth-order valence-electron chi connectivity index (χ4n) is 8.86. The average Bonchev–Trinajstić information content (AvgIpc) is 3.50. The van der Waals surface area contributed by atoms with Crippen LogP contribution in [0.15, 0.2) is 115 Å². The number of hydrogen-bond acceptors (Lipinski definition) is 7. The number of anilines is 2. The number of benzene rings is 4. The van der Waals surface area contributed by atoms with Crippen LogP contribution in [-0.4, -0.2) is 40.9 Å². The Morgan fingerprint density at radius 3 is 2.20 bits per heavy atom. The molecule has 0 spiro atoms. The highest BCUT2D eigenvalue weighted by Gasteiger charge is 2.70. The number of hydrazine groups is 1. The average molecular weight is 654 g/mol. The first-order valence-electron chi connectivity index (χ1n) is 16.5. The number of phenolic OH excluding ortho intramolecular Hbond substituents is 1. The number of para-hydroxylation sites is 1. The van der Waals surface area contributed by atoms with Gasteiger partial charge in [0.15, 0.2) is 0 Å². The summed E-state index contributed by atoms with van der Waals surface area (Å²) in [4.78, 5) is 59.6. The van der Waals surface area contributed by atoms with Crippen molar-refractivity contribution in [2.24, 2.45) is 23.7 Å². The molecule has 8 rings (SSSR count). The van der Waals surface area contributed by atoms with Crippen LogP contribution in [0, 0.1) is 30.6 Å². The number of aromatic hydroxyl groups is 1. The first kappa shape index (κ1) is 30.6. The lowest BCUT2D eigenvalue weighted by molar-refractivity contribution is -0.138. The first-order valence-corrected chi connectivity index (χ1v) is 16.5. The van der Waals surface area contributed by atoms with E-state index in [9.17, 15) is 19.5 Å². The number of carbonyl (C=O) groups is 4. The quantitative estimate of drug-likeness (QED) is 0.197. The van der Waals surface area contributed by atoms with Crippen LogP contribution in [0.4, 0.5) is 11.4 Å². The number of allylic oxidation sites excluding steroid dienone is 2. The van der Waals surface area contributed by atoms with Gasteiger partial charge in [-0.15, -0.1) is 0 Å². The zero-order valence-electron chi connectivity index (χ0n) is 27.1. The van der Waals surface area contributed by atoms with Gasteiger partial charge in [0, 0.05) is 17.5 Å². The van der Waals surface area contributed by atoms with E-state index in [0.717, 1.165) is 16.1 Å². The van der Waals surface area contributed by atoms with Gasteiger partial charge in [-0.25, -0.2) is 0 Å². The van der Waals surface area contributed by atoms with Crippen molar-refractivity contribution < 1.29 is 29.0 Å². The van der Waals surface area contributed by atoms with Gasteiger partial charge in [0.05, 0.1) is 41.7 Å². The van der Waals surface area contributed by atoms with Crippen molar-refractivity contribution in [1.82, 2.24) is 5.01 Å². The normalized spacial score (nSPS) is 27.4. The van der Waals surface area contributed by atoms with E-state index in [1.165, 1.54) is 18.1 Å². The minimum absolute atomic E-state index is 0.0116. The predicted molar refractivity (Wildman–Crippen MR) is 182 cm³/mol. The fourth-order valence-corrected chi connectivity index (χ4v) is 8.86. The molecule has 4 aliphatic rings. The van der Waals surface area contributed by atoms with Crippen LogP contribution in [0.2, 0.25) is 0 Å². The maximum Gasteiger partial charge on any atom is 0.260 e. The summed E-state index contributed by atoms with van der Waals surface area (Å²) in [6.07, 6.45) is 2.51. The van der Waals surface area contributed by atoms with Crippen molar-refractivity contribution in [3.8, 4) is 11.5 Å². The summed E-state index contributed by atoms with van der Waals surface area (Å²) in [5, 5.41) is 11.6. The van der Waals surface area contributed by atoms with Gasteiger partial charge < -0.3 is 9.84 Å². The molecule has 2 aliphatic heterocycles. The third-order valence-corrected chi connectivity index (χ3v) is 10.9. The molecule has 9 nitrogen and oxygen atoms in total. The van der Waals surface area contributed by atoms with Gasteiger partial charge in [0.1, 0.15) is 11.5 Å². The number of ether oxygens (including phenoxy) is 1. The number of rotatable bonds is 6. The summed E-state index contributed by atoms with van der Waals surface area (Å²) in [7, 11) is 1.50. The van der Waals surface area contributed by atoms with Gasteiger partial charge in [0.25, 0.3) is 11.8 Å². The molecule has 0 aromatic heterocycles. The Bertz CT molecular complexity index is 2030. The molecule has 2 saturated heterocycles. The summed E-state index contributed by atoms with van der Waals surface area (Å²) in [6.45, 7) is 1.96. The van der Waals surface area contributed by atoms with Crippen LogP contribution in [0.3, 0.4) is 0 Å². The molecule has 9 heteroatoms. The summed E-state index contributed by atoms with van der Waals surface area (Å²) in [5.74, 6) is -4.51. The fraction of sp³-hybridized carbons (Fsp3) is 0.250. The predicted octanol–water partition coefficient (Wildman–Crippen LogP) is 5.90. The van der Waals surface area contributed by atoms with E-state index in [1.807, 2.05) is 73.7 Å². The topological polar surface area (TPSA) is 116 Å². The highest BCUT2D eigenvalue weighted by atomic mass is 16.5. The zero-order chi connectivity index (χ0) is 34.0. The molecule has 3 fully saturated rings. The summed E-state index contributed by atoms with van der Waals surface area (Å²) in [6, 6.07) is 30.5. The van der Waals surface area contributed by atoms with Gasteiger partial charge in [-0.05, 0) is 61.6 Å². The second kappa shape index (κ2) is 11.5. The zero-order valence-corrected chi connectivity index (χ0v) is 27.1. The molecule has 1 saturated carbocycles. The lowest BCUT2D eigenvalue weighted by atomic mass is 9.49. The molecule has 49 heavy (non-hydrogen) atoms. The van der Waals surface area contributed by atoms with E-state index in [-0.39, 0.29) is 24.0 Å². The van der Waals surface area contributed by atoms with Gasteiger partial charge >= 0.3 is 0 Å². The standard InChI is InChI=1S/C40H35N3O6/c1-23-13-15-25(16-14-23)41-43-37(46)32-22-31-28(19-20-30-34(31)38(47)42(36(30)45)26-11-7-4-8-12-26)35(29-18-17-27(44)21-33(29)49-2)40(32,39(43)48)24-9-5-3-6-10-24/h3-19,21,30-32,34-35,41,44H,20,22H2,1-2H3. The lowest BCUT2D eigenvalue weighted by Crippen LogP contribution is -2.53. The summed E-state index contributed by atoms with van der Waals surface area (Å²) >= 11 is 0. The van der Waals surface area contributed by atoms with Crippen molar-refractivity contribution in [3.63, 3.8) is 0 Å².